The van der Waals surface area contributed by atoms with E-state index >= 15 is 0 Å². The third kappa shape index (κ3) is 5.06. The highest BCUT2D eigenvalue weighted by Gasteiger charge is 2.23. The molecule has 0 saturated carbocycles. The van der Waals surface area contributed by atoms with E-state index in [4.69, 9.17) is 0 Å². The summed E-state index contributed by atoms with van der Waals surface area (Å²) in [7, 11) is 0. The van der Waals surface area contributed by atoms with Crippen molar-refractivity contribution in [2.24, 2.45) is 0 Å². The molecule has 3 heteroatoms. The van der Waals surface area contributed by atoms with Gasteiger partial charge in [-0.15, -0.1) is 11.3 Å². The van der Waals surface area contributed by atoms with Gasteiger partial charge in [-0.1, -0.05) is 164 Å². The molecule has 1 aliphatic rings. The Labute approximate surface area is 367 Å². The fourth-order valence-corrected chi connectivity index (χ4v) is 12.2. The second-order valence-corrected chi connectivity index (χ2v) is 18.2. The maximum atomic E-state index is 2.50. The van der Waals surface area contributed by atoms with Gasteiger partial charge in [0.2, 0.25) is 0 Å². The van der Waals surface area contributed by atoms with Crippen molar-refractivity contribution < 1.29 is 0 Å². The molecule has 0 radical (unpaired) electrons. The number of benzene rings is 10. The molecule has 1 atom stereocenters. The topological polar surface area (TPSA) is 7.65 Å². The zero-order chi connectivity index (χ0) is 41.2. The van der Waals surface area contributed by atoms with E-state index in [2.05, 4.69) is 222 Å². The smallest absolute Gasteiger partial charge is 0.0620 e. The predicted molar refractivity (Wildman–Crippen MR) is 272 cm³/mol. The van der Waals surface area contributed by atoms with E-state index in [-0.39, 0.29) is 5.92 Å². The normalized spacial score (nSPS) is 14.5. The number of rotatable bonds is 5. The molecule has 294 valence electrons. The van der Waals surface area contributed by atoms with Crippen LogP contribution >= 0.6 is 11.3 Å². The maximum absolute atomic E-state index is 2.50. The molecule has 0 saturated heterocycles. The van der Waals surface area contributed by atoms with Crippen LogP contribution in [0.15, 0.2) is 218 Å². The van der Waals surface area contributed by atoms with Crippen molar-refractivity contribution in [2.45, 2.75) is 12.3 Å². The van der Waals surface area contributed by atoms with Gasteiger partial charge in [-0.25, -0.2) is 0 Å². The summed E-state index contributed by atoms with van der Waals surface area (Å²) in [5.41, 5.74) is 11.1. The molecule has 3 heterocycles. The van der Waals surface area contributed by atoms with Crippen molar-refractivity contribution in [2.75, 3.05) is 4.90 Å². The molecular formula is C60H38N2S. The van der Waals surface area contributed by atoms with Crippen LogP contribution in [-0.4, -0.2) is 4.40 Å². The van der Waals surface area contributed by atoms with Crippen LogP contribution in [0, 0.1) is 0 Å². The number of hydrogen-bond acceptors (Lipinski definition) is 2. The number of fused-ring (bicyclic) bond motifs is 15. The molecule has 3 aromatic heterocycles. The standard InChI is InChI=1S/C60H38N2S/c1-2-14-46-44(12-1)45-13-3-4-15-47(45)54-36-41(34-35-48(46)54)61(39-30-26-37(27-31-39)42-18-11-25-57-58(42)53-17-6-8-24-56(53)63-57)40-32-28-38(29-33-40)43-19-9-21-51-52-22-10-20-50-49-16-5-7-23-55(49)62(59(43)51)60(50)52/h1-26,28-37H,27H2. The van der Waals surface area contributed by atoms with Gasteiger partial charge in [0.15, 0.2) is 0 Å². The highest BCUT2D eigenvalue weighted by atomic mass is 32.1. The second kappa shape index (κ2) is 13.4. The minimum Gasteiger partial charge on any atom is -0.311 e. The molecule has 13 aromatic rings. The summed E-state index contributed by atoms with van der Waals surface area (Å²) in [4.78, 5) is 2.47. The van der Waals surface area contributed by atoms with Crippen LogP contribution in [0.4, 0.5) is 11.4 Å². The summed E-state index contributed by atoms with van der Waals surface area (Å²) in [6, 6.07) is 72.2. The summed E-state index contributed by atoms with van der Waals surface area (Å²) >= 11 is 1.90. The van der Waals surface area contributed by atoms with Crippen molar-refractivity contribution in [3.63, 3.8) is 0 Å². The summed E-state index contributed by atoms with van der Waals surface area (Å²) in [6.45, 7) is 0. The maximum Gasteiger partial charge on any atom is 0.0620 e. The quantitative estimate of drug-likeness (QED) is 0.157. The average Bonchev–Trinajstić information content (AvgIpc) is 4.02. The summed E-state index contributed by atoms with van der Waals surface area (Å²) in [6.07, 6.45) is 8.18. The SMILES string of the molecule is C1=CC(c2cccc3sc4ccccc4c23)CC=C1N(c1ccc(-c2cccc3c4cccc5c6ccccc6n(c23)c54)cc1)c1ccc2c3ccccc3c3ccccc3c2c1. The molecule has 0 amide bonds. The van der Waals surface area contributed by atoms with Crippen LogP contribution in [0.5, 0.6) is 0 Å². The third-order valence-corrected chi connectivity index (χ3v) is 15.0. The molecule has 10 aromatic carbocycles. The molecule has 1 aliphatic carbocycles. The first-order valence-corrected chi connectivity index (χ1v) is 22.8. The van der Waals surface area contributed by atoms with Crippen LogP contribution < -0.4 is 4.90 Å². The van der Waals surface area contributed by atoms with Gasteiger partial charge >= 0.3 is 0 Å². The van der Waals surface area contributed by atoms with Gasteiger partial charge in [0, 0.05) is 70.3 Å². The first kappa shape index (κ1) is 34.9. The van der Waals surface area contributed by atoms with Crippen molar-refractivity contribution in [1.29, 1.82) is 0 Å². The van der Waals surface area contributed by atoms with E-state index in [1.807, 2.05) is 11.3 Å². The largest absolute Gasteiger partial charge is 0.311 e. The van der Waals surface area contributed by atoms with Gasteiger partial charge in [0.25, 0.3) is 0 Å². The van der Waals surface area contributed by atoms with E-state index in [1.165, 1.54) is 113 Å². The van der Waals surface area contributed by atoms with E-state index < -0.39 is 0 Å². The number of thiophene rings is 1. The first-order valence-electron chi connectivity index (χ1n) is 21.9. The second-order valence-electron chi connectivity index (χ2n) is 17.1. The molecule has 2 nitrogen and oxygen atoms in total. The Morgan fingerprint density at radius 3 is 1.76 bits per heavy atom. The molecule has 0 N–H and O–H groups in total. The lowest BCUT2D eigenvalue weighted by molar-refractivity contribution is 0.848. The highest BCUT2D eigenvalue weighted by Crippen LogP contribution is 2.46. The fraction of sp³-hybridized carbons (Fsp3) is 0.0333. The monoisotopic (exact) mass is 818 g/mol. The Bertz CT molecular complexity index is 4030. The Balaban J connectivity index is 0.930. The molecule has 63 heavy (non-hydrogen) atoms. The van der Waals surface area contributed by atoms with Crippen LogP contribution in [0.25, 0.3) is 102 Å². The van der Waals surface area contributed by atoms with Crippen LogP contribution in [-0.2, 0) is 0 Å². The Morgan fingerprint density at radius 1 is 0.444 bits per heavy atom. The lowest BCUT2D eigenvalue weighted by atomic mass is 9.88. The number of nitrogens with zero attached hydrogens (tertiary/aromatic N) is 2. The number of allylic oxidation sites excluding steroid dienone is 3. The number of hydrogen-bond donors (Lipinski definition) is 0. The summed E-state index contributed by atoms with van der Waals surface area (Å²) in [5.74, 6) is 0.284. The lowest BCUT2D eigenvalue weighted by Crippen LogP contribution is -2.17. The molecule has 1 unspecified atom stereocenters. The molecule has 14 rings (SSSR count). The summed E-state index contributed by atoms with van der Waals surface area (Å²) < 4.78 is 5.21. The van der Waals surface area contributed by atoms with E-state index in [9.17, 15) is 0 Å². The van der Waals surface area contributed by atoms with E-state index in [1.54, 1.807) is 0 Å². The predicted octanol–water partition coefficient (Wildman–Crippen LogP) is 17.1. The van der Waals surface area contributed by atoms with Gasteiger partial charge < -0.3 is 9.30 Å². The minimum absolute atomic E-state index is 0.284. The molecular weight excluding hydrogens is 781 g/mol. The highest BCUT2D eigenvalue weighted by molar-refractivity contribution is 7.25. The Hall–Kier alpha value is -7.72. The molecule has 0 aliphatic heterocycles. The minimum atomic E-state index is 0.284. The van der Waals surface area contributed by atoms with E-state index in [0.29, 0.717) is 0 Å². The van der Waals surface area contributed by atoms with Crippen molar-refractivity contribution in [3.8, 4) is 11.1 Å². The lowest BCUT2D eigenvalue weighted by Gasteiger charge is -2.30. The molecule has 0 fully saturated rings. The number of anilines is 2. The molecule has 0 bridgehead atoms. The van der Waals surface area contributed by atoms with Crippen LogP contribution in [0.3, 0.4) is 0 Å². The summed E-state index contributed by atoms with van der Waals surface area (Å²) in [5, 5.41) is 15.6. The van der Waals surface area contributed by atoms with Crippen LogP contribution in [0.2, 0.25) is 0 Å². The zero-order valence-corrected chi connectivity index (χ0v) is 35.1. The first-order chi connectivity index (χ1) is 31.3. The molecule has 0 spiro atoms. The van der Waals surface area contributed by atoms with E-state index in [0.717, 1.165) is 17.8 Å². The van der Waals surface area contributed by atoms with Gasteiger partial charge in [-0.05, 0) is 98.4 Å². The van der Waals surface area contributed by atoms with Gasteiger partial charge in [0.05, 0.1) is 16.6 Å². The van der Waals surface area contributed by atoms with Gasteiger partial charge in [-0.2, -0.15) is 0 Å². The van der Waals surface area contributed by atoms with Gasteiger partial charge in [0.1, 0.15) is 0 Å². The van der Waals surface area contributed by atoms with Crippen molar-refractivity contribution >= 4 is 113 Å². The average molecular weight is 819 g/mol. The van der Waals surface area contributed by atoms with Crippen molar-refractivity contribution in [1.82, 2.24) is 4.40 Å². The number of para-hydroxylation sites is 3. The van der Waals surface area contributed by atoms with Crippen molar-refractivity contribution in [3.05, 3.63) is 224 Å². The van der Waals surface area contributed by atoms with Gasteiger partial charge in [-0.3, -0.25) is 0 Å². The fourth-order valence-electron chi connectivity index (χ4n) is 11.1. The van der Waals surface area contributed by atoms with Crippen LogP contribution in [0.1, 0.15) is 17.9 Å². The zero-order valence-electron chi connectivity index (χ0n) is 34.3. The number of aromatic nitrogens is 1. The Morgan fingerprint density at radius 2 is 1.02 bits per heavy atom. The third-order valence-electron chi connectivity index (χ3n) is 13.8. The Kier molecular flexibility index (Phi) is 7.42.